The van der Waals surface area contributed by atoms with E-state index in [1.807, 2.05) is 60.8 Å². The first kappa shape index (κ1) is 14.7. The Morgan fingerprint density at radius 3 is 2.75 bits per heavy atom. The highest BCUT2D eigenvalue weighted by Crippen LogP contribution is 2.40. The van der Waals surface area contributed by atoms with Crippen molar-refractivity contribution in [3.05, 3.63) is 83.7 Å². The van der Waals surface area contributed by atoms with E-state index in [4.69, 9.17) is 4.98 Å². The van der Waals surface area contributed by atoms with Crippen molar-refractivity contribution in [3.8, 4) is 11.4 Å². The first-order chi connectivity index (χ1) is 11.9. The van der Waals surface area contributed by atoms with Gasteiger partial charge in [-0.2, -0.15) is 0 Å². The molecule has 2 unspecified atom stereocenters. The van der Waals surface area contributed by atoms with Crippen LogP contribution in [0, 0.1) is 5.92 Å². The Labute approximate surface area is 140 Å². The van der Waals surface area contributed by atoms with Gasteiger partial charge in [-0.1, -0.05) is 30.4 Å². The SMILES string of the molecule is OCC1=CC=CC2=CC=NC(c3cccc(-c4ccccn4)n3)C21. The molecule has 4 rings (SSSR count). The van der Waals surface area contributed by atoms with Crippen molar-refractivity contribution in [1.29, 1.82) is 0 Å². The monoisotopic (exact) mass is 315 g/mol. The second-order valence-electron chi connectivity index (χ2n) is 5.81. The van der Waals surface area contributed by atoms with E-state index in [2.05, 4.69) is 16.1 Å². The molecule has 1 N–H and O–H groups in total. The molecule has 3 heterocycles. The summed E-state index contributed by atoms with van der Waals surface area (Å²) in [6.07, 6.45) is 11.6. The van der Waals surface area contributed by atoms with Crippen LogP contribution in [-0.4, -0.2) is 27.9 Å². The minimum atomic E-state index is -0.128. The van der Waals surface area contributed by atoms with E-state index < -0.39 is 0 Å². The molecule has 0 bridgehead atoms. The van der Waals surface area contributed by atoms with Gasteiger partial charge in [0.05, 0.1) is 23.7 Å². The molecule has 2 aromatic heterocycles. The maximum absolute atomic E-state index is 9.72. The Bertz CT molecular complexity index is 865. The van der Waals surface area contributed by atoms with Gasteiger partial charge in [-0.25, -0.2) is 4.98 Å². The van der Waals surface area contributed by atoms with E-state index in [0.717, 1.165) is 28.2 Å². The van der Waals surface area contributed by atoms with Crippen molar-refractivity contribution in [2.24, 2.45) is 10.9 Å². The van der Waals surface area contributed by atoms with Gasteiger partial charge >= 0.3 is 0 Å². The molecule has 0 radical (unpaired) electrons. The zero-order chi connectivity index (χ0) is 16.4. The maximum Gasteiger partial charge on any atom is 0.103 e. The molecule has 2 aromatic rings. The predicted octanol–water partition coefficient (Wildman–Crippen LogP) is 3.30. The fraction of sp³-hybridized carbons (Fsp3) is 0.150. The van der Waals surface area contributed by atoms with Crippen LogP contribution in [0.25, 0.3) is 11.4 Å². The van der Waals surface area contributed by atoms with Crippen LogP contribution >= 0.6 is 0 Å². The average Bonchev–Trinajstić information content (AvgIpc) is 2.68. The van der Waals surface area contributed by atoms with Gasteiger partial charge in [-0.3, -0.25) is 9.98 Å². The lowest BCUT2D eigenvalue weighted by atomic mass is 9.79. The first-order valence-corrected chi connectivity index (χ1v) is 7.96. The average molecular weight is 315 g/mol. The number of fused-ring (bicyclic) bond motifs is 1. The van der Waals surface area contributed by atoms with Gasteiger partial charge in [0.2, 0.25) is 0 Å². The van der Waals surface area contributed by atoms with Crippen LogP contribution in [0.1, 0.15) is 11.7 Å². The summed E-state index contributed by atoms with van der Waals surface area (Å²) in [7, 11) is 0. The lowest BCUT2D eigenvalue weighted by Crippen LogP contribution is -2.23. The standard InChI is InChI=1S/C20H17N3O/c24-13-15-6-3-5-14-10-12-22-20(19(14)15)18-9-4-8-17(23-18)16-7-1-2-11-21-16/h1-12,19-20,24H,13H2. The molecule has 118 valence electrons. The van der Waals surface area contributed by atoms with Crippen molar-refractivity contribution < 1.29 is 5.11 Å². The van der Waals surface area contributed by atoms with Crippen LogP contribution in [0.5, 0.6) is 0 Å². The zero-order valence-corrected chi connectivity index (χ0v) is 13.1. The smallest absolute Gasteiger partial charge is 0.103 e. The summed E-state index contributed by atoms with van der Waals surface area (Å²) in [6.45, 7) is 0.0261. The number of hydrogen-bond donors (Lipinski definition) is 1. The van der Waals surface area contributed by atoms with Crippen LogP contribution in [-0.2, 0) is 0 Å². The second kappa shape index (κ2) is 6.34. The third-order valence-corrected chi connectivity index (χ3v) is 4.37. The minimum Gasteiger partial charge on any atom is -0.392 e. The number of rotatable bonds is 3. The molecular weight excluding hydrogens is 298 g/mol. The molecule has 1 aliphatic heterocycles. The van der Waals surface area contributed by atoms with Gasteiger partial charge in [0.1, 0.15) is 6.04 Å². The van der Waals surface area contributed by atoms with Gasteiger partial charge < -0.3 is 5.11 Å². The molecule has 0 fully saturated rings. The van der Waals surface area contributed by atoms with Crippen molar-refractivity contribution in [2.45, 2.75) is 6.04 Å². The highest BCUT2D eigenvalue weighted by molar-refractivity contribution is 5.76. The molecule has 4 heteroatoms. The molecule has 24 heavy (non-hydrogen) atoms. The summed E-state index contributed by atoms with van der Waals surface area (Å²) < 4.78 is 0. The molecule has 0 saturated carbocycles. The minimum absolute atomic E-state index is 0.0261. The molecule has 1 aliphatic carbocycles. The van der Waals surface area contributed by atoms with E-state index in [1.165, 1.54) is 0 Å². The van der Waals surface area contributed by atoms with E-state index in [1.54, 1.807) is 6.20 Å². The Balaban J connectivity index is 1.74. The number of allylic oxidation sites excluding steroid dienone is 4. The molecule has 0 saturated heterocycles. The first-order valence-electron chi connectivity index (χ1n) is 7.96. The van der Waals surface area contributed by atoms with E-state index in [0.29, 0.717) is 0 Å². The summed E-state index contributed by atoms with van der Waals surface area (Å²) in [6, 6.07) is 11.6. The molecule has 0 amide bonds. The van der Waals surface area contributed by atoms with E-state index >= 15 is 0 Å². The molecule has 0 spiro atoms. The molecule has 0 aromatic carbocycles. The van der Waals surface area contributed by atoms with Crippen LogP contribution in [0.2, 0.25) is 0 Å². The van der Waals surface area contributed by atoms with Crippen LogP contribution in [0.4, 0.5) is 0 Å². The lowest BCUT2D eigenvalue weighted by Gasteiger charge is -2.30. The lowest BCUT2D eigenvalue weighted by molar-refractivity contribution is 0.311. The summed E-state index contributed by atoms with van der Waals surface area (Å²) in [5.41, 5.74) is 4.69. The normalized spacial score (nSPS) is 21.9. The van der Waals surface area contributed by atoms with Crippen molar-refractivity contribution in [3.63, 3.8) is 0 Å². The number of pyridine rings is 2. The van der Waals surface area contributed by atoms with E-state index in [9.17, 15) is 5.11 Å². The number of hydrogen-bond acceptors (Lipinski definition) is 4. The van der Waals surface area contributed by atoms with Crippen molar-refractivity contribution in [1.82, 2.24) is 9.97 Å². The van der Waals surface area contributed by atoms with Crippen LogP contribution in [0.3, 0.4) is 0 Å². The van der Waals surface area contributed by atoms with Crippen LogP contribution < -0.4 is 0 Å². The Hall–Kier alpha value is -2.85. The summed E-state index contributed by atoms with van der Waals surface area (Å²) >= 11 is 0. The third kappa shape index (κ3) is 2.61. The number of aliphatic hydroxyl groups excluding tert-OH is 1. The van der Waals surface area contributed by atoms with Gasteiger partial charge in [0.15, 0.2) is 0 Å². The molecule has 2 atom stereocenters. The van der Waals surface area contributed by atoms with Crippen LogP contribution in [0.15, 0.2) is 83.0 Å². The van der Waals surface area contributed by atoms with E-state index in [-0.39, 0.29) is 18.6 Å². The quantitative estimate of drug-likeness (QED) is 0.945. The molecular formula is C20H17N3O. The summed E-state index contributed by atoms with van der Waals surface area (Å²) in [5, 5.41) is 9.72. The van der Waals surface area contributed by atoms with Gasteiger partial charge in [0.25, 0.3) is 0 Å². The number of dihydropyridines is 1. The number of nitrogens with zero attached hydrogens (tertiary/aromatic N) is 3. The van der Waals surface area contributed by atoms with Gasteiger partial charge in [0, 0.05) is 18.3 Å². The summed E-state index contributed by atoms with van der Waals surface area (Å²) in [5.74, 6) is 0.0384. The second-order valence-corrected chi connectivity index (χ2v) is 5.81. The largest absolute Gasteiger partial charge is 0.392 e. The Morgan fingerprint density at radius 1 is 1.00 bits per heavy atom. The number of aromatic nitrogens is 2. The number of aliphatic imine (C=N–C) groups is 1. The highest BCUT2D eigenvalue weighted by Gasteiger charge is 2.31. The zero-order valence-electron chi connectivity index (χ0n) is 13.1. The number of aliphatic hydroxyl groups is 1. The maximum atomic E-state index is 9.72. The summed E-state index contributed by atoms with van der Waals surface area (Å²) in [4.78, 5) is 13.8. The molecule has 2 aliphatic rings. The van der Waals surface area contributed by atoms with Gasteiger partial charge in [-0.15, -0.1) is 0 Å². The topological polar surface area (TPSA) is 58.4 Å². The molecule has 4 nitrogen and oxygen atoms in total. The fourth-order valence-electron chi connectivity index (χ4n) is 3.23. The fourth-order valence-corrected chi connectivity index (χ4v) is 3.23. The van der Waals surface area contributed by atoms with Gasteiger partial charge in [-0.05, 0) is 41.5 Å². The highest BCUT2D eigenvalue weighted by atomic mass is 16.3. The van der Waals surface area contributed by atoms with Crippen molar-refractivity contribution in [2.75, 3.05) is 6.61 Å². The third-order valence-electron chi connectivity index (χ3n) is 4.37. The Morgan fingerprint density at radius 2 is 1.92 bits per heavy atom. The Kier molecular flexibility index (Phi) is 3.89. The van der Waals surface area contributed by atoms with Crippen molar-refractivity contribution >= 4 is 6.21 Å². The predicted molar refractivity (Wildman–Crippen MR) is 94.6 cm³/mol.